The molecular weight excluding hydrogens is 215 g/mol. The number of amides is 1. The number of alkyl halides is 3. The fraction of sp³-hybridized carbons (Fsp3) is 0.875. The third kappa shape index (κ3) is 7.01. The van der Waals surface area contributed by atoms with Crippen LogP contribution in [0.4, 0.5) is 18.0 Å². The first-order valence-electron chi connectivity index (χ1n) is 4.39. The summed E-state index contributed by atoms with van der Waals surface area (Å²) < 4.78 is 40.6. The van der Waals surface area contributed by atoms with E-state index in [-0.39, 0.29) is 0 Å². The largest absolute Gasteiger partial charge is 0.447 e. The van der Waals surface area contributed by atoms with Crippen molar-refractivity contribution in [3.8, 4) is 0 Å². The van der Waals surface area contributed by atoms with Gasteiger partial charge in [0.15, 0.2) is 0 Å². The van der Waals surface area contributed by atoms with Gasteiger partial charge in [0.05, 0.1) is 12.7 Å². The molecule has 1 amide bonds. The van der Waals surface area contributed by atoms with E-state index in [4.69, 9.17) is 5.11 Å². The average Bonchev–Trinajstić information content (AvgIpc) is 1.99. The van der Waals surface area contributed by atoms with Crippen LogP contribution < -0.4 is 0 Å². The summed E-state index contributed by atoms with van der Waals surface area (Å²) in [6, 6.07) is 0. The molecule has 15 heavy (non-hydrogen) atoms. The SMILES string of the molecule is CC(C)OC(=O)N(CCO)CC(F)(F)F. The number of hydrogen-bond donors (Lipinski definition) is 1. The second kappa shape index (κ2) is 5.79. The minimum atomic E-state index is -4.49. The summed E-state index contributed by atoms with van der Waals surface area (Å²) in [7, 11) is 0. The van der Waals surface area contributed by atoms with Gasteiger partial charge < -0.3 is 9.84 Å². The predicted octanol–water partition coefficient (Wildman–Crippen LogP) is 1.39. The summed E-state index contributed by atoms with van der Waals surface area (Å²) in [5.74, 6) is 0. The standard InChI is InChI=1S/C8H14F3NO3/c1-6(2)15-7(14)12(3-4-13)5-8(9,10)11/h6,13H,3-5H2,1-2H3. The molecule has 0 atom stereocenters. The number of carbonyl (C=O) groups excluding carboxylic acids is 1. The Balaban J connectivity index is 4.31. The number of nitrogens with zero attached hydrogens (tertiary/aromatic N) is 1. The van der Waals surface area contributed by atoms with Crippen molar-refractivity contribution in [1.29, 1.82) is 0 Å². The highest BCUT2D eigenvalue weighted by molar-refractivity contribution is 5.67. The number of aliphatic hydroxyl groups excluding tert-OH is 1. The molecule has 0 bridgehead atoms. The molecule has 0 aromatic carbocycles. The Kier molecular flexibility index (Phi) is 5.41. The van der Waals surface area contributed by atoms with Crippen LogP contribution in [0.2, 0.25) is 0 Å². The van der Waals surface area contributed by atoms with Crippen molar-refractivity contribution in [2.45, 2.75) is 26.1 Å². The predicted molar refractivity (Wildman–Crippen MR) is 46.3 cm³/mol. The lowest BCUT2D eigenvalue weighted by molar-refractivity contribution is -0.144. The minimum absolute atomic E-state index is 0.398. The van der Waals surface area contributed by atoms with Crippen LogP contribution in [0.15, 0.2) is 0 Å². The van der Waals surface area contributed by atoms with Crippen molar-refractivity contribution in [1.82, 2.24) is 4.90 Å². The maximum absolute atomic E-state index is 12.0. The molecule has 0 aromatic heterocycles. The lowest BCUT2D eigenvalue weighted by Gasteiger charge is -2.23. The summed E-state index contributed by atoms with van der Waals surface area (Å²) in [5.41, 5.74) is 0. The molecular formula is C8H14F3NO3. The van der Waals surface area contributed by atoms with Crippen molar-refractivity contribution < 1.29 is 27.8 Å². The van der Waals surface area contributed by atoms with Gasteiger partial charge in [-0.05, 0) is 13.8 Å². The van der Waals surface area contributed by atoms with Gasteiger partial charge in [-0.3, -0.25) is 4.90 Å². The van der Waals surface area contributed by atoms with E-state index in [1.807, 2.05) is 0 Å². The fourth-order valence-electron chi connectivity index (χ4n) is 0.848. The van der Waals surface area contributed by atoms with Crippen LogP contribution >= 0.6 is 0 Å². The fourth-order valence-corrected chi connectivity index (χ4v) is 0.848. The van der Waals surface area contributed by atoms with E-state index in [0.717, 1.165) is 0 Å². The Labute approximate surface area is 85.6 Å². The topological polar surface area (TPSA) is 49.8 Å². The Hall–Kier alpha value is -0.980. The summed E-state index contributed by atoms with van der Waals surface area (Å²) in [6.45, 7) is 0.707. The third-order valence-electron chi connectivity index (χ3n) is 1.33. The molecule has 0 aliphatic heterocycles. The Morgan fingerprint density at radius 3 is 2.33 bits per heavy atom. The van der Waals surface area contributed by atoms with Crippen molar-refractivity contribution >= 4 is 6.09 Å². The van der Waals surface area contributed by atoms with Gasteiger partial charge in [0.2, 0.25) is 0 Å². The molecule has 0 heterocycles. The van der Waals surface area contributed by atoms with E-state index in [1.165, 1.54) is 13.8 Å². The molecule has 0 radical (unpaired) electrons. The van der Waals surface area contributed by atoms with Gasteiger partial charge in [-0.15, -0.1) is 0 Å². The van der Waals surface area contributed by atoms with E-state index in [1.54, 1.807) is 0 Å². The van der Waals surface area contributed by atoms with Gasteiger partial charge in [-0.25, -0.2) is 4.79 Å². The Bertz CT molecular complexity index is 206. The zero-order chi connectivity index (χ0) is 12.1. The first kappa shape index (κ1) is 14.0. The zero-order valence-corrected chi connectivity index (χ0v) is 8.54. The molecule has 0 rings (SSSR count). The molecule has 1 N–H and O–H groups in total. The van der Waals surface area contributed by atoms with Crippen LogP contribution in [-0.4, -0.2) is 48.1 Å². The zero-order valence-electron chi connectivity index (χ0n) is 8.54. The molecule has 0 aromatic rings. The Morgan fingerprint density at radius 1 is 1.47 bits per heavy atom. The summed E-state index contributed by atoms with van der Waals surface area (Å²) in [4.78, 5) is 11.5. The van der Waals surface area contributed by atoms with Gasteiger partial charge in [-0.2, -0.15) is 13.2 Å². The molecule has 90 valence electrons. The number of rotatable bonds is 4. The second-order valence-corrected chi connectivity index (χ2v) is 3.19. The summed E-state index contributed by atoms with van der Waals surface area (Å²) in [5, 5.41) is 8.50. The normalized spacial score (nSPS) is 11.7. The molecule has 4 nitrogen and oxygen atoms in total. The van der Waals surface area contributed by atoms with Crippen molar-refractivity contribution in [3.05, 3.63) is 0 Å². The van der Waals surface area contributed by atoms with Crippen LogP contribution in [-0.2, 0) is 4.74 Å². The van der Waals surface area contributed by atoms with Crippen LogP contribution in [0.1, 0.15) is 13.8 Å². The molecule has 0 saturated carbocycles. The number of hydrogen-bond acceptors (Lipinski definition) is 3. The van der Waals surface area contributed by atoms with Crippen molar-refractivity contribution in [2.24, 2.45) is 0 Å². The van der Waals surface area contributed by atoms with Gasteiger partial charge in [0, 0.05) is 6.54 Å². The first-order valence-corrected chi connectivity index (χ1v) is 4.39. The number of halogens is 3. The molecule has 0 spiro atoms. The van der Waals surface area contributed by atoms with Crippen LogP contribution in [0.25, 0.3) is 0 Å². The molecule has 0 aliphatic rings. The summed E-state index contributed by atoms with van der Waals surface area (Å²) >= 11 is 0. The van der Waals surface area contributed by atoms with Crippen molar-refractivity contribution in [3.63, 3.8) is 0 Å². The van der Waals surface area contributed by atoms with Gasteiger partial charge >= 0.3 is 12.3 Å². The average molecular weight is 229 g/mol. The van der Waals surface area contributed by atoms with E-state index >= 15 is 0 Å². The number of carbonyl (C=O) groups is 1. The number of ether oxygens (including phenoxy) is 1. The second-order valence-electron chi connectivity index (χ2n) is 3.19. The quantitative estimate of drug-likeness (QED) is 0.792. The van der Waals surface area contributed by atoms with Crippen LogP contribution in [0.5, 0.6) is 0 Å². The highest BCUT2D eigenvalue weighted by atomic mass is 19.4. The molecule has 0 unspecified atom stereocenters. The van der Waals surface area contributed by atoms with Gasteiger partial charge in [0.1, 0.15) is 6.54 Å². The molecule has 0 saturated heterocycles. The molecule has 0 aliphatic carbocycles. The van der Waals surface area contributed by atoms with Crippen LogP contribution in [0, 0.1) is 0 Å². The molecule has 0 fully saturated rings. The Morgan fingerprint density at radius 2 is 2.00 bits per heavy atom. The first-order chi connectivity index (χ1) is 6.76. The monoisotopic (exact) mass is 229 g/mol. The van der Waals surface area contributed by atoms with Crippen LogP contribution in [0.3, 0.4) is 0 Å². The van der Waals surface area contributed by atoms with E-state index in [0.29, 0.717) is 4.90 Å². The summed E-state index contributed by atoms with van der Waals surface area (Å²) in [6.07, 6.45) is -6.06. The lowest BCUT2D eigenvalue weighted by Crippen LogP contribution is -2.41. The highest BCUT2D eigenvalue weighted by Gasteiger charge is 2.33. The van der Waals surface area contributed by atoms with E-state index in [9.17, 15) is 18.0 Å². The van der Waals surface area contributed by atoms with Crippen molar-refractivity contribution in [2.75, 3.05) is 19.7 Å². The smallest absolute Gasteiger partial charge is 0.410 e. The maximum Gasteiger partial charge on any atom is 0.410 e. The lowest BCUT2D eigenvalue weighted by atomic mass is 10.4. The van der Waals surface area contributed by atoms with E-state index < -0.39 is 38.1 Å². The highest BCUT2D eigenvalue weighted by Crippen LogP contribution is 2.17. The number of aliphatic hydroxyl groups is 1. The van der Waals surface area contributed by atoms with Gasteiger partial charge in [0.25, 0.3) is 0 Å². The third-order valence-corrected chi connectivity index (χ3v) is 1.33. The minimum Gasteiger partial charge on any atom is -0.447 e. The molecule has 7 heteroatoms. The maximum atomic E-state index is 12.0. The van der Waals surface area contributed by atoms with Gasteiger partial charge in [-0.1, -0.05) is 0 Å². The van der Waals surface area contributed by atoms with E-state index in [2.05, 4.69) is 4.74 Å².